The molecule has 48 valence electrons. The summed E-state index contributed by atoms with van der Waals surface area (Å²) in [6.07, 6.45) is 1.04. The molecule has 0 aromatic heterocycles. The largest absolute Gasteiger partial charge is 0.133 e. The number of hydrogen-bond donors (Lipinski definition) is 0. The number of benzene rings is 1. The van der Waals surface area contributed by atoms with Crippen LogP contribution in [-0.4, -0.2) is 0 Å². The van der Waals surface area contributed by atoms with Crippen molar-refractivity contribution in [3.8, 4) is 0 Å². The smallest absolute Gasteiger partial charge is 0.0175 e. The van der Waals surface area contributed by atoms with E-state index in [0.29, 0.717) is 0 Å². The van der Waals surface area contributed by atoms with Crippen LogP contribution in [0, 0.1) is 0 Å². The topological polar surface area (TPSA) is 0 Å². The van der Waals surface area contributed by atoms with Crippen LogP contribution in [0.4, 0.5) is 0 Å². The Kier molecular flexibility index (Phi) is 2.68. The van der Waals surface area contributed by atoms with Gasteiger partial charge in [-0.05, 0) is 23.9 Å². The molecule has 0 saturated heterocycles. The fraction of sp³-hybridized carbons (Fsp3) is 0.143. The van der Waals surface area contributed by atoms with E-state index in [1.54, 1.807) is 0 Å². The van der Waals surface area contributed by atoms with Crippen LogP contribution in [-0.2, 0) is 6.16 Å². The number of hydrogen-bond acceptors (Lipinski definition) is 0. The van der Waals surface area contributed by atoms with E-state index in [9.17, 15) is 0 Å². The van der Waals surface area contributed by atoms with Gasteiger partial charge in [0.1, 0.15) is 0 Å². The highest BCUT2D eigenvalue weighted by Crippen LogP contribution is 2.12. The van der Waals surface area contributed by atoms with Gasteiger partial charge in [0.2, 0.25) is 0 Å². The Bertz CT molecular complexity index is 181. The molecule has 1 aromatic carbocycles. The van der Waals surface area contributed by atoms with E-state index < -0.39 is 0 Å². The first-order valence-electron chi connectivity index (χ1n) is 2.77. The van der Waals surface area contributed by atoms with E-state index in [-0.39, 0.29) is 0 Å². The summed E-state index contributed by atoms with van der Waals surface area (Å²) in [5.74, 6) is 0. The van der Waals surface area contributed by atoms with Crippen LogP contribution >= 0.6 is 25.2 Å². The minimum Gasteiger partial charge on any atom is -0.133 e. The summed E-state index contributed by atoms with van der Waals surface area (Å²) in [6, 6.07) is 8.33. The lowest BCUT2D eigenvalue weighted by Gasteiger charge is -1.93. The van der Waals surface area contributed by atoms with E-state index in [2.05, 4.69) is 49.4 Å². The summed E-state index contributed by atoms with van der Waals surface area (Å²) in [5.41, 5.74) is 1.35. The summed E-state index contributed by atoms with van der Waals surface area (Å²) in [5, 5.41) is 0. The number of halogens is 1. The van der Waals surface area contributed by atoms with Crippen LogP contribution in [0.1, 0.15) is 5.56 Å². The van der Waals surface area contributed by atoms with Crippen LogP contribution in [0.2, 0.25) is 0 Å². The molecule has 1 unspecified atom stereocenters. The van der Waals surface area contributed by atoms with Gasteiger partial charge in [0.15, 0.2) is 0 Å². The van der Waals surface area contributed by atoms with Crippen LogP contribution in [0.15, 0.2) is 28.7 Å². The maximum atomic E-state index is 3.37. The Morgan fingerprint density at radius 3 is 2.22 bits per heavy atom. The van der Waals surface area contributed by atoms with Crippen LogP contribution in [0.25, 0.3) is 0 Å². The highest BCUT2D eigenvalue weighted by molar-refractivity contribution is 9.10. The fourth-order valence-electron chi connectivity index (χ4n) is 0.620. The Labute approximate surface area is 66.0 Å². The molecule has 0 radical (unpaired) electrons. The first-order chi connectivity index (χ1) is 4.33. The molecule has 2 heteroatoms. The molecule has 0 N–H and O–H groups in total. The van der Waals surface area contributed by atoms with Crippen molar-refractivity contribution in [1.29, 1.82) is 0 Å². The minimum atomic E-state index is 1.04. The van der Waals surface area contributed by atoms with Gasteiger partial charge in [0.25, 0.3) is 0 Å². The summed E-state index contributed by atoms with van der Waals surface area (Å²) in [4.78, 5) is 0. The first kappa shape index (κ1) is 7.24. The molecule has 1 rings (SSSR count). The van der Waals surface area contributed by atoms with Crippen LogP contribution in [0.5, 0.6) is 0 Å². The zero-order valence-corrected chi connectivity index (χ0v) is 7.71. The van der Waals surface area contributed by atoms with Gasteiger partial charge in [-0.25, -0.2) is 0 Å². The van der Waals surface area contributed by atoms with Gasteiger partial charge in [-0.3, -0.25) is 0 Å². The SMILES string of the molecule is PCc1ccc(Br)cc1. The van der Waals surface area contributed by atoms with Gasteiger partial charge in [0, 0.05) is 4.47 Å². The van der Waals surface area contributed by atoms with E-state index in [4.69, 9.17) is 0 Å². The molecule has 0 fully saturated rings. The highest BCUT2D eigenvalue weighted by atomic mass is 79.9. The molecule has 1 aromatic rings. The molecular formula is C7H8BrP. The van der Waals surface area contributed by atoms with Gasteiger partial charge in [-0.1, -0.05) is 28.1 Å². The second kappa shape index (κ2) is 3.34. The zero-order valence-electron chi connectivity index (χ0n) is 4.97. The summed E-state index contributed by atoms with van der Waals surface area (Å²) < 4.78 is 1.14. The van der Waals surface area contributed by atoms with Gasteiger partial charge in [0.05, 0.1) is 0 Å². The molecule has 0 saturated carbocycles. The van der Waals surface area contributed by atoms with E-state index in [1.165, 1.54) is 5.56 Å². The molecule has 0 aliphatic heterocycles. The molecule has 0 heterocycles. The third-order valence-corrected chi connectivity index (χ3v) is 2.15. The van der Waals surface area contributed by atoms with E-state index in [1.807, 2.05) is 0 Å². The highest BCUT2D eigenvalue weighted by Gasteiger charge is 1.86. The lowest BCUT2D eigenvalue weighted by atomic mass is 10.2. The molecule has 1 atom stereocenters. The molecule has 0 aliphatic rings. The third-order valence-electron chi connectivity index (χ3n) is 1.15. The normalized spacial score (nSPS) is 9.56. The lowest BCUT2D eigenvalue weighted by Crippen LogP contribution is -1.73. The average Bonchev–Trinajstić information content (AvgIpc) is 1.90. The van der Waals surface area contributed by atoms with Crippen molar-refractivity contribution in [3.63, 3.8) is 0 Å². The van der Waals surface area contributed by atoms with Crippen molar-refractivity contribution in [2.24, 2.45) is 0 Å². The van der Waals surface area contributed by atoms with Gasteiger partial charge >= 0.3 is 0 Å². The Morgan fingerprint density at radius 2 is 1.78 bits per heavy atom. The molecule has 9 heavy (non-hydrogen) atoms. The fourth-order valence-corrected chi connectivity index (χ4v) is 1.16. The molecule has 0 nitrogen and oxygen atoms in total. The minimum absolute atomic E-state index is 1.04. The molecule has 0 spiro atoms. The third kappa shape index (κ3) is 2.08. The molecule has 0 amide bonds. The predicted molar refractivity (Wildman–Crippen MR) is 47.6 cm³/mol. The van der Waals surface area contributed by atoms with Crippen molar-refractivity contribution in [2.45, 2.75) is 6.16 Å². The van der Waals surface area contributed by atoms with Crippen LogP contribution in [0.3, 0.4) is 0 Å². The van der Waals surface area contributed by atoms with Crippen LogP contribution < -0.4 is 0 Å². The Balaban J connectivity index is 2.88. The number of rotatable bonds is 1. The molecule has 0 aliphatic carbocycles. The standard InChI is InChI=1S/C7H8BrP/c8-7-3-1-6(5-9)2-4-7/h1-4H,5,9H2. The average molecular weight is 203 g/mol. The summed E-state index contributed by atoms with van der Waals surface area (Å²) in [7, 11) is 2.69. The monoisotopic (exact) mass is 202 g/mol. The summed E-state index contributed by atoms with van der Waals surface area (Å²) >= 11 is 3.37. The Morgan fingerprint density at radius 1 is 1.22 bits per heavy atom. The van der Waals surface area contributed by atoms with Crippen molar-refractivity contribution in [3.05, 3.63) is 34.3 Å². The predicted octanol–water partition coefficient (Wildman–Crippen LogP) is 2.82. The maximum absolute atomic E-state index is 3.37. The van der Waals surface area contributed by atoms with Gasteiger partial charge < -0.3 is 0 Å². The lowest BCUT2D eigenvalue weighted by molar-refractivity contribution is 1.41. The van der Waals surface area contributed by atoms with Crippen molar-refractivity contribution >= 4 is 25.2 Å². The zero-order chi connectivity index (χ0) is 6.69. The van der Waals surface area contributed by atoms with E-state index in [0.717, 1.165) is 10.6 Å². The van der Waals surface area contributed by atoms with Crippen molar-refractivity contribution in [1.82, 2.24) is 0 Å². The van der Waals surface area contributed by atoms with Crippen molar-refractivity contribution in [2.75, 3.05) is 0 Å². The Hall–Kier alpha value is 0.130. The molecular weight excluding hydrogens is 195 g/mol. The van der Waals surface area contributed by atoms with Gasteiger partial charge in [-0.15, -0.1) is 9.24 Å². The second-order valence-electron chi connectivity index (χ2n) is 1.83. The van der Waals surface area contributed by atoms with E-state index >= 15 is 0 Å². The van der Waals surface area contributed by atoms with Crippen molar-refractivity contribution < 1.29 is 0 Å². The van der Waals surface area contributed by atoms with Gasteiger partial charge in [-0.2, -0.15) is 0 Å². The first-order valence-corrected chi connectivity index (χ1v) is 4.38. The second-order valence-corrected chi connectivity index (χ2v) is 3.15. The maximum Gasteiger partial charge on any atom is 0.0175 e. The quantitative estimate of drug-likeness (QED) is 0.615. The summed E-state index contributed by atoms with van der Waals surface area (Å²) in [6.45, 7) is 0. The molecule has 0 bridgehead atoms.